The number of likely N-dealkylation sites (N-methyl/N-ethyl adjacent to an activating group) is 1. The van der Waals surface area contributed by atoms with Crippen LogP contribution in [-0.4, -0.2) is 45.3 Å². The van der Waals surface area contributed by atoms with Gasteiger partial charge in [-0.05, 0) is 54.6 Å². The highest BCUT2D eigenvalue weighted by Gasteiger charge is 2.32. The Morgan fingerprint density at radius 1 is 1.24 bits per heavy atom. The zero-order chi connectivity index (χ0) is 20.8. The smallest absolute Gasteiger partial charge is 0.306 e. The molecular weight excluding hydrogens is 392 g/mol. The number of aliphatic carboxylic acids is 1. The lowest BCUT2D eigenvalue weighted by atomic mass is 10.2. The van der Waals surface area contributed by atoms with E-state index < -0.39 is 5.97 Å². The van der Waals surface area contributed by atoms with Crippen LogP contribution in [0, 0.1) is 0 Å². The fourth-order valence-electron chi connectivity index (χ4n) is 2.64. The van der Waals surface area contributed by atoms with Crippen molar-refractivity contribution < 1.29 is 24.5 Å². The van der Waals surface area contributed by atoms with E-state index >= 15 is 0 Å². The number of carboxylic acids is 1. The van der Waals surface area contributed by atoms with Crippen molar-refractivity contribution in [3.05, 3.63) is 59.0 Å². The third-order valence-electron chi connectivity index (χ3n) is 4.00. The SMILES string of the molecule is CCN1C(=O)/C(=C/c2cccc(OCCC(=O)O)c2)SC1=Nc1cccc(O)c1. The Balaban J connectivity index is 1.81. The quantitative estimate of drug-likeness (QED) is 0.670. The van der Waals surface area contributed by atoms with E-state index in [0.717, 1.165) is 5.56 Å². The lowest BCUT2D eigenvalue weighted by Crippen LogP contribution is -2.28. The van der Waals surface area contributed by atoms with Gasteiger partial charge in [0.05, 0.1) is 23.6 Å². The first-order valence-corrected chi connectivity index (χ1v) is 9.81. The van der Waals surface area contributed by atoms with Crippen molar-refractivity contribution in [2.24, 2.45) is 4.99 Å². The topological polar surface area (TPSA) is 99.4 Å². The van der Waals surface area contributed by atoms with Gasteiger partial charge < -0.3 is 14.9 Å². The summed E-state index contributed by atoms with van der Waals surface area (Å²) in [4.78, 5) is 29.9. The molecule has 7 nitrogen and oxygen atoms in total. The molecule has 0 radical (unpaired) electrons. The van der Waals surface area contributed by atoms with Crippen LogP contribution in [0.4, 0.5) is 5.69 Å². The molecule has 1 amide bonds. The molecule has 0 saturated carbocycles. The van der Waals surface area contributed by atoms with Crippen LogP contribution in [0.5, 0.6) is 11.5 Å². The second-order valence-corrected chi connectivity index (χ2v) is 7.15. The van der Waals surface area contributed by atoms with Crippen LogP contribution in [0.25, 0.3) is 6.08 Å². The van der Waals surface area contributed by atoms with Gasteiger partial charge in [-0.3, -0.25) is 14.5 Å². The Morgan fingerprint density at radius 2 is 2.03 bits per heavy atom. The number of rotatable bonds is 7. The van der Waals surface area contributed by atoms with Crippen LogP contribution in [0.1, 0.15) is 18.9 Å². The van der Waals surface area contributed by atoms with Crippen molar-refractivity contribution in [2.75, 3.05) is 13.2 Å². The third-order valence-corrected chi connectivity index (χ3v) is 5.01. The lowest BCUT2D eigenvalue weighted by Gasteiger charge is -2.12. The standard InChI is InChI=1S/C21H20N2O5S/c1-2-23-20(27)18(29-21(23)22-15-6-4-7-16(24)13-15)12-14-5-3-8-17(11-14)28-10-9-19(25)26/h3-8,11-13,24H,2,9-10H2,1H3,(H,25,26)/b18-12-,22-21?. The number of phenols is 1. The number of amidine groups is 1. The van der Waals surface area contributed by atoms with E-state index in [9.17, 15) is 14.7 Å². The Labute approximate surface area is 172 Å². The molecule has 2 aromatic carbocycles. The van der Waals surface area contributed by atoms with E-state index in [0.29, 0.717) is 28.1 Å². The molecular formula is C21H20N2O5S. The van der Waals surface area contributed by atoms with Crippen LogP contribution < -0.4 is 4.74 Å². The summed E-state index contributed by atoms with van der Waals surface area (Å²) in [6.07, 6.45) is 1.67. The Morgan fingerprint density at radius 3 is 2.76 bits per heavy atom. The molecule has 29 heavy (non-hydrogen) atoms. The number of nitrogens with zero attached hydrogens (tertiary/aromatic N) is 2. The summed E-state index contributed by atoms with van der Waals surface area (Å²) < 4.78 is 5.44. The molecule has 0 bridgehead atoms. The van der Waals surface area contributed by atoms with Gasteiger partial charge >= 0.3 is 5.97 Å². The highest BCUT2D eigenvalue weighted by atomic mass is 32.2. The van der Waals surface area contributed by atoms with Gasteiger partial charge in [-0.1, -0.05) is 18.2 Å². The number of aliphatic imine (C=N–C) groups is 1. The Bertz CT molecular complexity index is 987. The van der Waals surface area contributed by atoms with Crippen LogP contribution in [0.3, 0.4) is 0 Å². The molecule has 150 valence electrons. The van der Waals surface area contributed by atoms with Crippen LogP contribution >= 0.6 is 11.8 Å². The van der Waals surface area contributed by atoms with Gasteiger partial charge in [0, 0.05) is 12.6 Å². The maximum atomic E-state index is 12.8. The minimum Gasteiger partial charge on any atom is -0.508 e. The minimum atomic E-state index is -0.922. The third kappa shape index (κ3) is 5.39. The summed E-state index contributed by atoms with van der Waals surface area (Å²) in [6, 6.07) is 13.7. The molecule has 0 unspecified atom stereocenters. The summed E-state index contributed by atoms with van der Waals surface area (Å²) in [5.74, 6) is -0.417. The number of carboxylic acid groups (broad SMARTS) is 1. The average Bonchev–Trinajstić information content (AvgIpc) is 2.96. The van der Waals surface area contributed by atoms with Gasteiger partial charge in [0.25, 0.3) is 5.91 Å². The van der Waals surface area contributed by atoms with E-state index in [-0.39, 0.29) is 24.7 Å². The number of thioether (sulfide) groups is 1. The number of phenolic OH excluding ortho intramolecular Hbond substituents is 1. The molecule has 1 aliphatic heterocycles. The molecule has 2 N–H and O–H groups in total. The van der Waals surface area contributed by atoms with Gasteiger partial charge in [-0.2, -0.15) is 0 Å². The fraction of sp³-hybridized carbons (Fsp3) is 0.190. The number of hydrogen-bond acceptors (Lipinski definition) is 6. The molecule has 1 aliphatic rings. The largest absolute Gasteiger partial charge is 0.508 e. The van der Waals surface area contributed by atoms with E-state index in [2.05, 4.69) is 4.99 Å². The summed E-state index contributed by atoms with van der Waals surface area (Å²) >= 11 is 1.26. The number of carbonyl (C=O) groups excluding carboxylic acids is 1. The number of carbonyl (C=O) groups is 2. The van der Waals surface area contributed by atoms with Crippen LogP contribution in [0.15, 0.2) is 58.4 Å². The number of ether oxygens (including phenoxy) is 1. The van der Waals surface area contributed by atoms with Gasteiger partial charge in [0.1, 0.15) is 11.5 Å². The molecule has 1 saturated heterocycles. The predicted octanol–water partition coefficient (Wildman–Crippen LogP) is 3.87. The molecule has 0 aliphatic carbocycles. The summed E-state index contributed by atoms with van der Waals surface area (Å²) in [7, 11) is 0. The van der Waals surface area contributed by atoms with Gasteiger partial charge in [0.15, 0.2) is 5.17 Å². The van der Waals surface area contributed by atoms with E-state index in [4.69, 9.17) is 9.84 Å². The molecule has 1 heterocycles. The van der Waals surface area contributed by atoms with E-state index in [1.807, 2.05) is 13.0 Å². The normalized spacial score (nSPS) is 16.6. The number of aromatic hydroxyl groups is 1. The van der Waals surface area contributed by atoms with E-state index in [1.54, 1.807) is 47.4 Å². The van der Waals surface area contributed by atoms with Gasteiger partial charge in [0.2, 0.25) is 0 Å². The first-order valence-electron chi connectivity index (χ1n) is 9.00. The Hall–Kier alpha value is -3.26. The molecule has 0 atom stereocenters. The monoisotopic (exact) mass is 412 g/mol. The molecule has 8 heteroatoms. The lowest BCUT2D eigenvalue weighted by molar-refractivity contribution is -0.137. The Kier molecular flexibility index (Phi) is 6.56. The van der Waals surface area contributed by atoms with Crippen molar-refractivity contribution in [3.8, 4) is 11.5 Å². The fourth-order valence-corrected chi connectivity index (χ4v) is 3.71. The van der Waals surface area contributed by atoms with Gasteiger partial charge in [-0.25, -0.2) is 4.99 Å². The van der Waals surface area contributed by atoms with Crippen molar-refractivity contribution in [3.63, 3.8) is 0 Å². The van der Waals surface area contributed by atoms with Crippen molar-refractivity contribution >= 4 is 40.6 Å². The van der Waals surface area contributed by atoms with Crippen LogP contribution in [0.2, 0.25) is 0 Å². The maximum Gasteiger partial charge on any atom is 0.306 e. The predicted molar refractivity (Wildman–Crippen MR) is 112 cm³/mol. The molecule has 2 aromatic rings. The zero-order valence-electron chi connectivity index (χ0n) is 15.7. The maximum absolute atomic E-state index is 12.8. The number of amides is 1. The van der Waals surface area contributed by atoms with Crippen molar-refractivity contribution in [1.29, 1.82) is 0 Å². The van der Waals surface area contributed by atoms with E-state index in [1.165, 1.54) is 17.8 Å². The van der Waals surface area contributed by atoms with Crippen molar-refractivity contribution in [2.45, 2.75) is 13.3 Å². The molecule has 0 spiro atoms. The second kappa shape index (κ2) is 9.29. The van der Waals surface area contributed by atoms with Gasteiger partial charge in [-0.15, -0.1) is 0 Å². The average molecular weight is 412 g/mol. The molecule has 0 aromatic heterocycles. The van der Waals surface area contributed by atoms with Crippen molar-refractivity contribution in [1.82, 2.24) is 4.90 Å². The minimum absolute atomic E-state index is 0.0768. The summed E-state index contributed by atoms with van der Waals surface area (Å²) in [5.41, 5.74) is 1.33. The molecule has 3 rings (SSSR count). The second-order valence-electron chi connectivity index (χ2n) is 6.14. The molecule has 1 fully saturated rings. The highest BCUT2D eigenvalue weighted by molar-refractivity contribution is 8.18. The number of hydrogen-bond donors (Lipinski definition) is 2. The first-order chi connectivity index (χ1) is 14.0. The highest BCUT2D eigenvalue weighted by Crippen LogP contribution is 2.34. The zero-order valence-corrected chi connectivity index (χ0v) is 16.6. The van der Waals surface area contributed by atoms with Crippen LogP contribution in [-0.2, 0) is 9.59 Å². The summed E-state index contributed by atoms with van der Waals surface area (Å²) in [5, 5.41) is 18.9. The number of benzene rings is 2. The first kappa shape index (κ1) is 20.5. The summed E-state index contributed by atoms with van der Waals surface area (Å²) in [6.45, 7) is 2.42.